The van der Waals surface area contributed by atoms with Crippen LogP contribution < -0.4 is 10.2 Å². The molecule has 0 heterocycles. The van der Waals surface area contributed by atoms with Crippen LogP contribution in [0.1, 0.15) is 46.2 Å². The molecular weight excluding hydrogens is 224 g/mol. The van der Waals surface area contributed by atoms with Gasteiger partial charge in [0, 0.05) is 35.9 Å². The summed E-state index contributed by atoms with van der Waals surface area (Å²) in [6.07, 6.45) is 0. The number of benzene rings is 1. The minimum Gasteiger partial charge on any atom is -0.508 e. The smallest absolute Gasteiger partial charge is 0.122 e. The van der Waals surface area contributed by atoms with Crippen LogP contribution in [0.4, 0.5) is 5.69 Å². The van der Waals surface area contributed by atoms with Crippen molar-refractivity contribution in [2.75, 3.05) is 18.0 Å². The fourth-order valence-corrected chi connectivity index (χ4v) is 2.34. The SMILES string of the molecule is CCNC(C)c1ccc(N(CC)C(C)C)cc1O. The van der Waals surface area contributed by atoms with Crippen molar-refractivity contribution < 1.29 is 5.11 Å². The summed E-state index contributed by atoms with van der Waals surface area (Å²) in [4.78, 5) is 2.27. The highest BCUT2D eigenvalue weighted by atomic mass is 16.3. The van der Waals surface area contributed by atoms with Crippen LogP contribution in [-0.4, -0.2) is 24.2 Å². The molecule has 1 rings (SSSR count). The van der Waals surface area contributed by atoms with E-state index >= 15 is 0 Å². The molecular formula is C15H26N2O. The van der Waals surface area contributed by atoms with Crippen LogP contribution in [0.25, 0.3) is 0 Å². The van der Waals surface area contributed by atoms with Gasteiger partial charge in [-0.1, -0.05) is 13.0 Å². The lowest BCUT2D eigenvalue weighted by atomic mass is 10.1. The number of phenols is 1. The van der Waals surface area contributed by atoms with Gasteiger partial charge >= 0.3 is 0 Å². The molecule has 1 atom stereocenters. The molecule has 1 aromatic rings. The van der Waals surface area contributed by atoms with Crippen LogP contribution >= 0.6 is 0 Å². The van der Waals surface area contributed by atoms with E-state index in [2.05, 4.69) is 50.9 Å². The fourth-order valence-electron chi connectivity index (χ4n) is 2.34. The van der Waals surface area contributed by atoms with Crippen LogP contribution in [0.3, 0.4) is 0 Å². The lowest BCUT2D eigenvalue weighted by Crippen LogP contribution is -2.30. The molecule has 0 amide bonds. The van der Waals surface area contributed by atoms with E-state index in [4.69, 9.17) is 0 Å². The second-order valence-electron chi connectivity index (χ2n) is 4.90. The largest absolute Gasteiger partial charge is 0.508 e. The third-order valence-corrected chi connectivity index (χ3v) is 3.29. The highest BCUT2D eigenvalue weighted by Crippen LogP contribution is 2.29. The first-order valence-electron chi connectivity index (χ1n) is 6.84. The van der Waals surface area contributed by atoms with E-state index in [9.17, 15) is 5.11 Å². The topological polar surface area (TPSA) is 35.5 Å². The molecule has 1 unspecified atom stereocenters. The Bertz CT molecular complexity index is 377. The number of nitrogens with zero attached hydrogens (tertiary/aromatic N) is 1. The molecule has 0 saturated heterocycles. The molecule has 0 saturated carbocycles. The van der Waals surface area contributed by atoms with Gasteiger partial charge < -0.3 is 15.3 Å². The summed E-state index contributed by atoms with van der Waals surface area (Å²) in [5, 5.41) is 13.5. The van der Waals surface area contributed by atoms with Gasteiger partial charge in [-0.3, -0.25) is 0 Å². The van der Waals surface area contributed by atoms with E-state index in [1.165, 1.54) is 0 Å². The Hall–Kier alpha value is -1.22. The van der Waals surface area contributed by atoms with Crippen molar-refractivity contribution in [3.63, 3.8) is 0 Å². The summed E-state index contributed by atoms with van der Waals surface area (Å²) in [7, 11) is 0. The van der Waals surface area contributed by atoms with Crippen molar-refractivity contribution in [3.8, 4) is 5.75 Å². The number of hydrogen-bond acceptors (Lipinski definition) is 3. The Balaban J connectivity index is 2.97. The van der Waals surface area contributed by atoms with Crippen LogP contribution in [0.15, 0.2) is 18.2 Å². The Morgan fingerprint density at radius 1 is 1.22 bits per heavy atom. The van der Waals surface area contributed by atoms with Gasteiger partial charge in [-0.15, -0.1) is 0 Å². The molecule has 0 aliphatic heterocycles. The fraction of sp³-hybridized carbons (Fsp3) is 0.600. The number of rotatable bonds is 6. The number of hydrogen-bond donors (Lipinski definition) is 2. The molecule has 0 bridgehead atoms. The standard InChI is InChI=1S/C15H26N2O/c1-6-16-12(5)14-9-8-13(10-15(14)18)17(7-2)11(3)4/h8-12,16,18H,6-7H2,1-5H3. The molecule has 0 spiro atoms. The van der Waals surface area contributed by atoms with Gasteiger partial charge in [-0.25, -0.2) is 0 Å². The third kappa shape index (κ3) is 3.39. The molecule has 0 aromatic heterocycles. The van der Waals surface area contributed by atoms with Crippen molar-refractivity contribution in [1.29, 1.82) is 0 Å². The van der Waals surface area contributed by atoms with E-state index < -0.39 is 0 Å². The molecule has 18 heavy (non-hydrogen) atoms. The maximum absolute atomic E-state index is 10.1. The van der Waals surface area contributed by atoms with Gasteiger partial charge in [0.2, 0.25) is 0 Å². The van der Waals surface area contributed by atoms with E-state index in [0.29, 0.717) is 11.8 Å². The molecule has 1 aromatic carbocycles. The summed E-state index contributed by atoms with van der Waals surface area (Å²) in [6.45, 7) is 12.4. The zero-order chi connectivity index (χ0) is 13.7. The third-order valence-electron chi connectivity index (χ3n) is 3.29. The van der Waals surface area contributed by atoms with Gasteiger partial charge in [0.25, 0.3) is 0 Å². The molecule has 102 valence electrons. The molecule has 2 N–H and O–H groups in total. The average Bonchev–Trinajstić information content (AvgIpc) is 2.29. The van der Waals surface area contributed by atoms with E-state index in [1.807, 2.05) is 12.1 Å². The van der Waals surface area contributed by atoms with Crippen molar-refractivity contribution in [1.82, 2.24) is 5.32 Å². The number of aromatic hydroxyl groups is 1. The van der Waals surface area contributed by atoms with Crippen molar-refractivity contribution in [2.45, 2.75) is 46.7 Å². The lowest BCUT2D eigenvalue weighted by molar-refractivity contribution is 0.454. The first kappa shape index (κ1) is 14.8. The number of anilines is 1. The molecule has 3 nitrogen and oxygen atoms in total. The second-order valence-corrected chi connectivity index (χ2v) is 4.90. The normalized spacial score (nSPS) is 12.8. The van der Waals surface area contributed by atoms with E-state index in [-0.39, 0.29) is 6.04 Å². The quantitative estimate of drug-likeness (QED) is 0.813. The molecule has 3 heteroatoms. The maximum Gasteiger partial charge on any atom is 0.122 e. The summed E-state index contributed by atoms with van der Waals surface area (Å²) in [5.74, 6) is 0.375. The molecule has 0 aliphatic rings. The monoisotopic (exact) mass is 250 g/mol. The predicted molar refractivity (Wildman–Crippen MR) is 78.4 cm³/mol. The predicted octanol–water partition coefficient (Wildman–Crippen LogP) is 3.30. The van der Waals surface area contributed by atoms with Crippen LogP contribution in [0.2, 0.25) is 0 Å². The van der Waals surface area contributed by atoms with Gasteiger partial charge in [0.1, 0.15) is 5.75 Å². The Labute approximate surface area is 111 Å². The van der Waals surface area contributed by atoms with Crippen LogP contribution in [-0.2, 0) is 0 Å². The lowest BCUT2D eigenvalue weighted by Gasteiger charge is -2.28. The maximum atomic E-state index is 10.1. The minimum absolute atomic E-state index is 0.179. The second kappa shape index (κ2) is 6.64. The first-order valence-corrected chi connectivity index (χ1v) is 6.84. The van der Waals surface area contributed by atoms with Gasteiger partial charge in [0.05, 0.1) is 0 Å². The Morgan fingerprint density at radius 2 is 1.89 bits per heavy atom. The van der Waals surface area contributed by atoms with E-state index in [1.54, 1.807) is 0 Å². The van der Waals surface area contributed by atoms with E-state index in [0.717, 1.165) is 24.3 Å². The minimum atomic E-state index is 0.179. The number of nitrogens with one attached hydrogen (secondary N) is 1. The molecule has 0 radical (unpaired) electrons. The van der Waals surface area contributed by atoms with Crippen LogP contribution in [0, 0.1) is 0 Å². The zero-order valence-corrected chi connectivity index (χ0v) is 12.2. The summed E-state index contributed by atoms with van der Waals surface area (Å²) in [5.41, 5.74) is 2.04. The van der Waals surface area contributed by atoms with Crippen molar-refractivity contribution in [2.24, 2.45) is 0 Å². The van der Waals surface area contributed by atoms with Gasteiger partial charge in [-0.2, -0.15) is 0 Å². The summed E-state index contributed by atoms with van der Waals surface area (Å²) in [6, 6.07) is 6.59. The van der Waals surface area contributed by atoms with Gasteiger partial charge in [0.15, 0.2) is 0 Å². The molecule has 0 aliphatic carbocycles. The average molecular weight is 250 g/mol. The van der Waals surface area contributed by atoms with Crippen LogP contribution in [0.5, 0.6) is 5.75 Å². The van der Waals surface area contributed by atoms with Crippen molar-refractivity contribution in [3.05, 3.63) is 23.8 Å². The first-order chi connectivity index (χ1) is 8.51. The summed E-state index contributed by atoms with van der Waals surface area (Å²) >= 11 is 0. The summed E-state index contributed by atoms with van der Waals surface area (Å²) < 4.78 is 0. The molecule has 0 fully saturated rings. The van der Waals surface area contributed by atoms with Crippen molar-refractivity contribution >= 4 is 5.69 Å². The Morgan fingerprint density at radius 3 is 2.33 bits per heavy atom. The Kier molecular flexibility index (Phi) is 5.48. The highest BCUT2D eigenvalue weighted by molar-refractivity contribution is 5.54. The van der Waals surface area contributed by atoms with Gasteiger partial charge in [-0.05, 0) is 40.3 Å². The highest BCUT2D eigenvalue weighted by Gasteiger charge is 2.13. The zero-order valence-electron chi connectivity index (χ0n) is 12.2. The number of phenolic OH excluding ortho intramolecular Hbond substituents is 1.